The van der Waals surface area contributed by atoms with E-state index >= 15 is 0 Å². The summed E-state index contributed by atoms with van der Waals surface area (Å²) in [5, 5.41) is 14.0. The Morgan fingerprint density at radius 2 is 2.15 bits per heavy atom. The van der Waals surface area contributed by atoms with Crippen LogP contribution < -0.4 is 10.1 Å². The summed E-state index contributed by atoms with van der Waals surface area (Å²) in [5.41, 5.74) is 2.40. The van der Waals surface area contributed by atoms with Crippen LogP contribution in [0, 0.1) is 0 Å². The summed E-state index contributed by atoms with van der Waals surface area (Å²) in [6.45, 7) is 0.993. The molecule has 5 rings (SSSR count). The van der Waals surface area contributed by atoms with Crippen molar-refractivity contribution >= 4 is 0 Å². The molecule has 2 N–H and O–H groups in total. The number of aromatic hydroxyl groups is 1. The summed E-state index contributed by atoms with van der Waals surface area (Å²) in [6, 6.07) is 5.43. The van der Waals surface area contributed by atoms with Gasteiger partial charge in [-0.15, -0.1) is 0 Å². The topological polar surface area (TPSA) is 85.1 Å². The second-order valence-corrected chi connectivity index (χ2v) is 7.35. The van der Waals surface area contributed by atoms with E-state index < -0.39 is 0 Å². The zero-order valence-electron chi connectivity index (χ0n) is 14.9. The molecule has 0 radical (unpaired) electrons. The monoisotopic (exact) mass is 363 g/mol. The normalized spacial score (nSPS) is 20.5. The summed E-state index contributed by atoms with van der Waals surface area (Å²) < 4.78 is 7.86. The SMILES string of the molecule is Oc1cc(-n2ccnc2)ccc1-c1cnc(OC2CCNC3(CC3)C2)cn1. The summed E-state index contributed by atoms with van der Waals surface area (Å²) in [4.78, 5) is 12.9. The molecule has 7 heteroatoms. The highest BCUT2D eigenvalue weighted by Crippen LogP contribution is 2.42. The second-order valence-electron chi connectivity index (χ2n) is 7.35. The maximum Gasteiger partial charge on any atom is 0.232 e. The van der Waals surface area contributed by atoms with Crippen molar-refractivity contribution in [2.75, 3.05) is 6.54 Å². The number of imidazole rings is 1. The first-order valence-corrected chi connectivity index (χ1v) is 9.26. The zero-order chi connectivity index (χ0) is 18.3. The van der Waals surface area contributed by atoms with Crippen molar-refractivity contribution in [3.63, 3.8) is 0 Å². The third kappa shape index (κ3) is 3.26. The molecule has 1 aliphatic heterocycles. The van der Waals surface area contributed by atoms with Crippen molar-refractivity contribution in [2.24, 2.45) is 0 Å². The minimum atomic E-state index is 0.151. The number of phenols is 1. The van der Waals surface area contributed by atoms with Gasteiger partial charge in [0.2, 0.25) is 5.88 Å². The number of benzene rings is 1. The lowest BCUT2D eigenvalue weighted by atomic mass is 10.00. The maximum absolute atomic E-state index is 10.4. The average molecular weight is 363 g/mol. The van der Waals surface area contributed by atoms with Gasteiger partial charge < -0.3 is 19.7 Å². The molecule has 1 spiro atoms. The molecule has 27 heavy (non-hydrogen) atoms. The molecule has 0 amide bonds. The maximum atomic E-state index is 10.4. The molecule has 0 bridgehead atoms. The summed E-state index contributed by atoms with van der Waals surface area (Å²) >= 11 is 0. The molecule has 3 heterocycles. The van der Waals surface area contributed by atoms with Crippen LogP contribution in [0.5, 0.6) is 11.6 Å². The Bertz CT molecular complexity index is 936. The van der Waals surface area contributed by atoms with E-state index in [0.29, 0.717) is 22.7 Å². The van der Waals surface area contributed by atoms with E-state index in [1.165, 1.54) is 12.8 Å². The van der Waals surface area contributed by atoms with Crippen LogP contribution in [0.25, 0.3) is 16.9 Å². The summed E-state index contributed by atoms with van der Waals surface area (Å²) in [5.74, 6) is 0.689. The van der Waals surface area contributed by atoms with E-state index in [0.717, 1.165) is 25.1 Å². The van der Waals surface area contributed by atoms with Crippen LogP contribution in [0.15, 0.2) is 49.3 Å². The van der Waals surface area contributed by atoms with Crippen LogP contribution in [0.1, 0.15) is 25.7 Å². The van der Waals surface area contributed by atoms with Crippen LogP contribution in [0.2, 0.25) is 0 Å². The molecule has 7 nitrogen and oxygen atoms in total. The van der Waals surface area contributed by atoms with Gasteiger partial charge in [-0.25, -0.2) is 15.0 Å². The fourth-order valence-electron chi connectivity index (χ4n) is 3.74. The smallest absolute Gasteiger partial charge is 0.232 e. The fraction of sp³-hybridized carbons (Fsp3) is 0.350. The van der Waals surface area contributed by atoms with Crippen LogP contribution in [0.4, 0.5) is 0 Å². The van der Waals surface area contributed by atoms with Gasteiger partial charge in [-0.2, -0.15) is 0 Å². The largest absolute Gasteiger partial charge is 0.507 e. The van der Waals surface area contributed by atoms with Crippen LogP contribution in [-0.4, -0.2) is 42.8 Å². The highest BCUT2D eigenvalue weighted by Gasteiger charge is 2.46. The molecule has 2 aromatic heterocycles. The molecule has 2 aliphatic rings. The Balaban J connectivity index is 1.31. The van der Waals surface area contributed by atoms with Crippen LogP contribution in [0.3, 0.4) is 0 Å². The quantitative estimate of drug-likeness (QED) is 0.741. The molecule has 3 aromatic rings. The Morgan fingerprint density at radius 1 is 1.22 bits per heavy atom. The lowest BCUT2D eigenvalue weighted by molar-refractivity contribution is 0.127. The number of hydrogen-bond acceptors (Lipinski definition) is 6. The van der Waals surface area contributed by atoms with Gasteiger partial charge in [0.1, 0.15) is 11.9 Å². The van der Waals surface area contributed by atoms with E-state index in [2.05, 4.69) is 20.3 Å². The number of nitrogens with one attached hydrogen (secondary N) is 1. The highest BCUT2D eigenvalue weighted by molar-refractivity contribution is 5.68. The Kier molecular flexibility index (Phi) is 3.82. The van der Waals surface area contributed by atoms with Gasteiger partial charge >= 0.3 is 0 Å². The molecular formula is C20H21N5O2. The third-order valence-corrected chi connectivity index (χ3v) is 5.41. The molecule has 1 aliphatic carbocycles. The first kappa shape index (κ1) is 16.3. The van der Waals surface area contributed by atoms with Gasteiger partial charge in [-0.3, -0.25) is 0 Å². The second kappa shape index (κ2) is 6.35. The molecule has 2 fully saturated rings. The van der Waals surface area contributed by atoms with Crippen molar-refractivity contribution in [1.29, 1.82) is 0 Å². The lowest BCUT2D eigenvalue weighted by Gasteiger charge is -2.30. The summed E-state index contributed by atoms with van der Waals surface area (Å²) in [6.07, 6.45) is 13.2. The lowest BCUT2D eigenvalue weighted by Crippen LogP contribution is -2.44. The molecule has 1 saturated heterocycles. The fourth-order valence-corrected chi connectivity index (χ4v) is 3.74. The first-order chi connectivity index (χ1) is 13.2. The molecule has 138 valence electrons. The minimum absolute atomic E-state index is 0.151. The standard InChI is InChI=1S/C20H21N5O2/c26-18-9-14(25-8-7-21-13-25)1-2-16(18)17-11-23-19(12-22-17)27-15-3-6-24-20(10-15)4-5-20/h1-2,7-9,11-13,15,24,26H,3-6,10H2. The van der Waals surface area contributed by atoms with Crippen molar-refractivity contribution in [3.8, 4) is 28.6 Å². The number of aromatic nitrogens is 4. The third-order valence-electron chi connectivity index (χ3n) is 5.41. The predicted octanol–water partition coefficient (Wildman–Crippen LogP) is 2.70. The number of ether oxygens (including phenoxy) is 1. The Labute approximate surface area is 157 Å². The predicted molar refractivity (Wildman–Crippen MR) is 99.9 cm³/mol. The average Bonchev–Trinajstić information content (AvgIpc) is 3.20. The molecule has 1 aromatic carbocycles. The molecule has 1 saturated carbocycles. The minimum Gasteiger partial charge on any atom is -0.507 e. The van der Waals surface area contributed by atoms with Crippen molar-refractivity contribution in [2.45, 2.75) is 37.3 Å². The first-order valence-electron chi connectivity index (χ1n) is 9.26. The van der Waals surface area contributed by atoms with E-state index in [-0.39, 0.29) is 11.9 Å². The zero-order valence-corrected chi connectivity index (χ0v) is 14.9. The number of nitrogens with zero attached hydrogens (tertiary/aromatic N) is 4. The van der Waals surface area contributed by atoms with Gasteiger partial charge in [-0.1, -0.05) is 0 Å². The van der Waals surface area contributed by atoms with Crippen molar-refractivity contribution in [1.82, 2.24) is 24.8 Å². The van der Waals surface area contributed by atoms with Crippen molar-refractivity contribution < 1.29 is 9.84 Å². The number of piperidine rings is 1. The molecule has 1 atom stereocenters. The highest BCUT2D eigenvalue weighted by atomic mass is 16.5. The van der Waals surface area contributed by atoms with Crippen molar-refractivity contribution in [3.05, 3.63) is 49.3 Å². The summed E-state index contributed by atoms with van der Waals surface area (Å²) in [7, 11) is 0. The number of phenolic OH excluding ortho intramolecular Hbond substituents is 1. The van der Waals surface area contributed by atoms with E-state index in [1.54, 1.807) is 31.0 Å². The van der Waals surface area contributed by atoms with E-state index in [1.807, 2.05) is 22.9 Å². The molecular weight excluding hydrogens is 342 g/mol. The number of rotatable bonds is 4. The number of hydrogen-bond donors (Lipinski definition) is 2. The van der Waals surface area contributed by atoms with Gasteiger partial charge in [0, 0.05) is 36.0 Å². The van der Waals surface area contributed by atoms with Gasteiger partial charge in [-0.05, 0) is 37.9 Å². The Hall–Kier alpha value is -2.93. The molecule has 1 unspecified atom stereocenters. The van der Waals surface area contributed by atoms with E-state index in [9.17, 15) is 5.11 Å². The van der Waals surface area contributed by atoms with Crippen LogP contribution in [-0.2, 0) is 0 Å². The van der Waals surface area contributed by atoms with E-state index in [4.69, 9.17) is 4.74 Å². The van der Waals surface area contributed by atoms with Gasteiger partial charge in [0.05, 0.1) is 30.1 Å². The Morgan fingerprint density at radius 3 is 2.85 bits per heavy atom. The van der Waals surface area contributed by atoms with Crippen LogP contribution >= 0.6 is 0 Å². The van der Waals surface area contributed by atoms with Gasteiger partial charge in [0.15, 0.2) is 0 Å². The van der Waals surface area contributed by atoms with Gasteiger partial charge in [0.25, 0.3) is 0 Å².